The monoisotopic (exact) mass is 334 g/mol. The summed E-state index contributed by atoms with van der Waals surface area (Å²) in [6, 6.07) is 13.8. The molecule has 0 saturated carbocycles. The molecular formula is C21H22N2O2. The molecule has 0 radical (unpaired) electrons. The molecule has 4 nitrogen and oxygen atoms in total. The Hall–Kier alpha value is -2.88. The summed E-state index contributed by atoms with van der Waals surface area (Å²) in [4.78, 5) is 16.7. The molecule has 1 heterocycles. The van der Waals surface area contributed by atoms with E-state index in [0.717, 1.165) is 28.0 Å². The van der Waals surface area contributed by atoms with Gasteiger partial charge in [0, 0.05) is 5.56 Å². The number of nitrogens with one attached hydrogen (secondary N) is 1. The Labute approximate surface area is 148 Å². The Bertz CT molecular complexity index is 879. The highest BCUT2D eigenvalue weighted by Crippen LogP contribution is 2.28. The molecule has 0 bridgehead atoms. The molecule has 0 fully saturated rings. The Kier molecular flexibility index (Phi) is 4.70. The van der Waals surface area contributed by atoms with E-state index in [2.05, 4.69) is 24.2 Å². The van der Waals surface area contributed by atoms with Crippen LogP contribution in [0.1, 0.15) is 42.0 Å². The standard InChI is InChI=1S/C21H22N2O2/c1-13(2)17-11-15(8-9-19(17)25-4)12-18-21(24)23-20(22-18)16-7-5-6-14(3)10-16/h5-13H,1-4H3,(H,22,23,24)/b18-12+. The van der Waals surface area contributed by atoms with Crippen molar-refractivity contribution in [3.8, 4) is 5.75 Å². The lowest BCUT2D eigenvalue weighted by atomic mass is 9.99. The van der Waals surface area contributed by atoms with E-state index in [4.69, 9.17) is 4.74 Å². The number of rotatable bonds is 4. The van der Waals surface area contributed by atoms with E-state index < -0.39 is 0 Å². The zero-order chi connectivity index (χ0) is 18.0. The molecule has 3 rings (SSSR count). The third-order valence-corrected chi connectivity index (χ3v) is 4.17. The molecule has 1 aliphatic rings. The molecule has 1 N–H and O–H groups in total. The van der Waals surface area contributed by atoms with Crippen molar-refractivity contribution in [2.75, 3.05) is 7.11 Å². The largest absolute Gasteiger partial charge is 0.496 e. The van der Waals surface area contributed by atoms with Crippen LogP contribution in [0.5, 0.6) is 5.75 Å². The number of amides is 1. The first kappa shape index (κ1) is 17.0. The van der Waals surface area contributed by atoms with Crippen LogP contribution in [0.4, 0.5) is 0 Å². The van der Waals surface area contributed by atoms with Crippen molar-refractivity contribution in [1.29, 1.82) is 0 Å². The SMILES string of the molecule is COc1ccc(/C=C2/N=C(c3cccc(C)c3)NC2=O)cc1C(C)C. The van der Waals surface area contributed by atoms with Gasteiger partial charge in [-0.1, -0.05) is 43.7 Å². The van der Waals surface area contributed by atoms with E-state index in [-0.39, 0.29) is 5.91 Å². The summed E-state index contributed by atoms with van der Waals surface area (Å²) >= 11 is 0. The molecular weight excluding hydrogens is 312 g/mol. The quantitative estimate of drug-likeness (QED) is 0.858. The minimum absolute atomic E-state index is 0.182. The highest BCUT2D eigenvalue weighted by molar-refractivity contribution is 6.19. The number of amidine groups is 1. The van der Waals surface area contributed by atoms with E-state index in [1.54, 1.807) is 7.11 Å². The molecule has 25 heavy (non-hydrogen) atoms. The topological polar surface area (TPSA) is 50.7 Å². The summed E-state index contributed by atoms with van der Waals surface area (Å²) in [7, 11) is 1.67. The van der Waals surface area contributed by atoms with Crippen molar-refractivity contribution >= 4 is 17.8 Å². The second kappa shape index (κ2) is 6.93. The van der Waals surface area contributed by atoms with Crippen LogP contribution in [-0.4, -0.2) is 18.9 Å². The van der Waals surface area contributed by atoms with Gasteiger partial charge in [0.1, 0.15) is 17.3 Å². The van der Waals surface area contributed by atoms with E-state index in [9.17, 15) is 4.79 Å². The number of nitrogens with zero attached hydrogens (tertiary/aromatic N) is 1. The molecule has 0 spiro atoms. The fraction of sp³-hybridized carbons (Fsp3) is 0.238. The predicted molar refractivity (Wildman–Crippen MR) is 101 cm³/mol. The first-order chi connectivity index (χ1) is 12.0. The normalized spacial score (nSPS) is 15.5. The summed E-state index contributed by atoms with van der Waals surface area (Å²) in [5.41, 5.74) is 4.50. The van der Waals surface area contributed by atoms with Gasteiger partial charge in [0.05, 0.1) is 7.11 Å². The third-order valence-electron chi connectivity index (χ3n) is 4.17. The van der Waals surface area contributed by atoms with Crippen LogP contribution >= 0.6 is 0 Å². The second-order valence-corrected chi connectivity index (χ2v) is 6.47. The zero-order valence-corrected chi connectivity index (χ0v) is 15.0. The fourth-order valence-electron chi connectivity index (χ4n) is 2.85. The number of aliphatic imine (C=N–C) groups is 1. The van der Waals surface area contributed by atoms with Crippen molar-refractivity contribution < 1.29 is 9.53 Å². The van der Waals surface area contributed by atoms with Gasteiger partial charge < -0.3 is 10.1 Å². The minimum Gasteiger partial charge on any atom is -0.496 e. The minimum atomic E-state index is -0.182. The molecule has 2 aromatic carbocycles. The number of hydrogen-bond donors (Lipinski definition) is 1. The maximum atomic E-state index is 12.3. The predicted octanol–water partition coefficient (Wildman–Crippen LogP) is 4.04. The number of carbonyl (C=O) groups is 1. The average Bonchev–Trinajstić information content (AvgIpc) is 2.95. The van der Waals surface area contributed by atoms with Gasteiger partial charge in [0.15, 0.2) is 0 Å². The number of hydrogen-bond acceptors (Lipinski definition) is 3. The molecule has 128 valence electrons. The average molecular weight is 334 g/mol. The molecule has 0 atom stereocenters. The van der Waals surface area contributed by atoms with Crippen LogP contribution in [-0.2, 0) is 4.79 Å². The van der Waals surface area contributed by atoms with Crippen LogP contribution < -0.4 is 10.1 Å². The van der Waals surface area contributed by atoms with Crippen molar-refractivity contribution in [3.63, 3.8) is 0 Å². The first-order valence-corrected chi connectivity index (χ1v) is 8.34. The van der Waals surface area contributed by atoms with Gasteiger partial charge in [0.25, 0.3) is 5.91 Å². The van der Waals surface area contributed by atoms with Gasteiger partial charge in [-0.3, -0.25) is 4.79 Å². The molecule has 0 aromatic heterocycles. The van der Waals surface area contributed by atoms with Crippen LogP contribution in [0, 0.1) is 6.92 Å². The zero-order valence-electron chi connectivity index (χ0n) is 15.0. The summed E-state index contributed by atoms with van der Waals surface area (Å²) < 4.78 is 5.41. The van der Waals surface area contributed by atoms with Gasteiger partial charge in [0.2, 0.25) is 0 Å². The maximum absolute atomic E-state index is 12.3. The van der Waals surface area contributed by atoms with Crippen LogP contribution in [0.15, 0.2) is 53.2 Å². The van der Waals surface area contributed by atoms with Crippen molar-refractivity contribution in [2.45, 2.75) is 26.7 Å². The molecule has 0 saturated heterocycles. The van der Waals surface area contributed by atoms with Gasteiger partial charge in [-0.2, -0.15) is 0 Å². The lowest BCUT2D eigenvalue weighted by molar-refractivity contribution is -0.115. The van der Waals surface area contributed by atoms with E-state index in [1.807, 2.05) is 55.5 Å². The molecule has 1 aliphatic heterocycles. The number of ether oxygens (including phenoxy) is 1. The summed E-state index contributed by atoms with van der Waals surface area (Å²) in [6.07, 6.45) is 1.81. The van der Waals surface area contributed by atoms with E-state index in [1.165, 1.54) is 0 Å². The molecule has 1 amide bonds. The number of carbonyl (C=O) groups excluding carboxylic acids is 1. The Morgan fingerprint density at radius 1 is 1.16 bits per heavy atom. The lowest BCUT2D eigenvalue weighted by Gasteiger charge is -2.12. The van der Waals surface area contributed by atoms with Gasteiger partial charge >= 0.3 is 0 Å². The Morgan fingerprint density at radius 3 is 2.64 bits per heavy atom. The summed E-state index contributed by atoms with van der Waals surface area (Å²) in [6.45, 7) is 6.25. The first-order valence-electron chi connectivity index (χ1n) is 8.34. The number of benzene rings is 2. The van der Waals surface area contributed by atoms with Gasteiger partial charge in [-0.25, -0.2) is 4.99 Å². The smallest absolute Gasteiger partial charge is 0.275 e. The number of methoxy groups -OCH3 is 1. The second-order valence-electron chi connectivity index (χ2n) is 6.47. The maximum Gasteiger partial charge on any atom is 0.275 e. The lowest BCUT2D eigenvalue weighted by Crippen LogP contribution is -2.24. The highest BCUT2D eigenvalue weighted by Gasteiger charge is 2.21. The Balaban J connectivity index is 1.96. The molecule has 4 heteroatoms. The van der Waals surface area contributed by atoms with Crippen LogP contribution in [0.2, 0.25) is 0 Å². The molecule has 0 aliphatic carbocycles. The van der Waals surface area contributed by atoms with E-state index >= 15 is 0 Å². The fourth-order valence-corrected chi connectivity index (χ4v) is 2.85. The highest BCUT2D eigenvalue weighted by atomic mass is 16.5. The third kappa shape index (κ3) is 3.63. The molecule has 2 aromatic rings. The van der Waals surface area contributed by atoms with Crippen molar-refractivity contribution in [1.82, 2.24) is 5.32 Å². The van der Waals surface area contributed by atoms with Crippen molar-refractivity contribution in [2.24, 2.45) is 4.99 Å². The Morgan fingerprint density at radius 2 is 1.96 bits per heavy atom. The van der Waals surface area contributed by atoms with Gasteiger partial charge in [-0.15, -0.1) is 0 Å². The van der Waals surface area contributed by atoms with Gasteiger partial charge in [-0.05, 0) is 48.2 Å². The summed E-state index contributed by atoms with van der Waals surface area (Å²) in [5, 5.41) is 2.85. The van der Waals surface area contributed by atoms with Crippen LogP contribution in [0.3, 0.4) is 0 Å². The molecule has 0 unspecified atom stereocenters. The summed E-state index contributed by atoms with van der Waals surface area (Å²) in [5.74, 6) is 1.60. The van der Waals surface area contributed by atoms with Crippen LogP contribution in [0.25, 0.3) is 6.08 Å². The van der Waals surface area contributed by atoms with E-state index in [0.29, 0.717) is 17.5 Å². The number of aryl methyl sites for hydroxylation is 1. The van der Waals surface area contributed by atoms with Crippen molar-refractivity contribution in [3.05, 3.63) is 70.4 Å².